The number of carbonyl (C=O) groups excluding carboxylic acids is 1. The molecular formula is C19H24N4O3S. The van der Waals surface area contributed by atoms with E-state index in [1.165, 1.54) is 6.20 Å². The third-order valence-corrected chi connectivity index (χ3v) is 6.09. The Labute approximate surface area is 160 Å². The fourth-order valence-corrected chi connectivity index (χ4v) is 4.05. The summed E-state index contributed by atoms with van der Waals surface area (Å²) in [6.45, 7) is 6.35. The van der Waals surface area contributed by atoms with Crippen LogP contribution < -0.4 is 9.62 Å². The van der Waals surface area contributed by atoms with Crippen LogP contribution in [0.3, 0.4) is 0 Å². The SMILES string of the molecule is CCc1ccc(S(=O)(=O)Nc2ccc(N3CCN(C(C)=O)CC3)nc2)cc1. The van der Waals surface area contributed by atoms with Crippen LogP contribution in [0.2, 0.25) is 0 Å². The van der Waals surface area contributed by atoms with Crippen molar-refractivity contribution in [3.63, 3.8) is 0 Å². The number of pyridine rings is 1. The Morgan fingerprint density at radius 1 is 1.07 bits per heavy atom. The van der Waals surface area contributed by atoms with Crippen molar-refractivity contribution in [2.45, 2.75) is 25.2 Å². The van der Waals surface area contributed by atoms with Crippen LogP contribution in [0, 0.1) is 0 Å². The van der Waals surface area contributed by atoms with Crippen molar-refractivity contribution < 1.29 is 13.2 Å². The number of piperazine rings is 1. The van der Waals surface area contributed by atoms with E-state index in [0.717, 1.165) is 17.8 Å². The van der Waals surface area contributed by atoms with E-state index < -0.39 is 10.0 Å². The predicted octanol–water partition coefficient (Wildman–Crippen LogP) is 2.11. The first-order chi connectivity index (χ1) is 12.9. The normalized spacial score (nSPS) is 14.9. The van der Waals surface area contributed by atoms with Crippen LogP contribution in [0.15, 0.2) is 47.5 Å². The molecule has 1 N–H and O–H groups in total. The number of nitrogens with zero attached hydrogens (tertiary/aromatic N) is 3. The van der Waals surface area contributed by atoms with E-state index in [1.54, 1.807) is 31.2 Å². The molecular weight excluding hydrogens is 364 g/mol. The lowest BCUT2D eigenvalue weighted by Gasteiger charge is -2.34. The number of hydrogen-bond acceptors (Lipinski definition) is 5. The summed E-state index contributed by atoms with van der Waals surface area (Å²) in [4.78, 5) is 19.9. The summed E-state index contributed by atoms with van der Waals surface area (Å²) in [6, 6.07) is 10.3. The lowest BCUT2D eigenvalue weighted by Crippen LogP contribution is -2.48. The van der Waals surface area contributed by atoms with Crippen LogP contribution in [0.25, 0.3) is 0 Å². The largest absolute Gasteiger partial charge is 0.353 e. The molecule has 1 aromatic heterocycles. The van der Waals surface area contributed by atoms with Gasteiger partial charge in [0.15, 0.2) is 0 Å². The van der Waals surface area contributed by atoms with Crippen LogP contribution in [-0.4, -0.2) is 50.4 Å². The van der Waals surface area contributed by atoms with E-state index in [4.69, 9.17) is 0 Å². The van der Waals surface area contributed by atoms with Crippen LogP contribution in [-0.2, 0) is 21.2 Å². The van der Waals surface area contributed by atoms with Crippen LogP contribution >= 0.6 is 0 Å². The number of benzene rings is 1. The minimum absolute atomic E-state index is 0.0827. The van der Waals surface area contributed by atoms with Gasteiger partial charge in [0, 0.05) is 33.1 Å². The average Bonchev–Trinajstić information content (AvgIpc) is 2.68. The first kappa shape index (κ1) is 19.2. The molecule has 1 aliphatic rings. The Balaban J connectivity index is 1.66. The third kappa shape index (κ3) is 4.57. The quantitative estimate of drug-likeness (QED) is 0.848. The van der Waals surface area contributed by atoms with Gasteiger partial charge in [-0.15, -0.1) is 0 Å². The summed E-state index contributed by atoms with van der Waals surface area (Å²) in [6.07, 6.45) is 2.38. The van der Waals surface area contributed by atoms with Crippen LogP contribution in [0.5, 0.6) is 0 Å². The van der Waals surface area contributed by atoms with Gasteiger partial charge >= 0.3 is 0 Å². The van der Waals surface area contributed by atoms with Crippen molar-refractivity contribution >= 4 is 27.4 Å². The van der Waals surface area contributed by atoms with Gasteiger partial charge in [0.05, 0.1) is 16.8 Å². The zero-order chi connectivity index (χ0) is 19.4. The van der Waals surface area contributed by atoms with Gasteiger partial charge in [0.1, 0.15) is 5.82 Å². The Hall–Kier alpha value is -2.61. The lowest BCUT2D eigenvalue weighted by molar-refractivity contribution is -0.129. The highest BCUT2D eigenvalue weighted by Gasteiger charge is 2.20. The van der Waals surface area contributed by atoms with E-state index in [0.29, 0.717) is 31.9 Å². The standard InChI is InChI=1S/C19H24N4O3S/c1-3-16-4-7-18(8-5-16)27(25,26)21-17-6-9-19(20-14-17)23-12-10-22(11-13-23)15(2)24/h4-9,14,21H,3,10-13H2,1-2H3. The van der Waals surface area contributed by atoms with Gasteiger partial charge in [0.2, 0.25) is 5.91 Å². The fourth-order valence-electron chi connectivity index (χ4n) is 3.00. The van der Waals surface area contributed by atoms with Gasteiger partial charge in [-0.25, -0.2) is 13.4 Å². The zero-order valence-electron chi connectivity index (χ0n) is 15.6. The van der Waals surface area contributed by atoms with Crippen molar-refractivity contribution in [3.05, 3.63) is 48.2 Å². The molecule has 8 heteroatoms. The van der Waals surface area contributed by atoms with E-state index in [2.05, 4.69) is 14.6 Å². The topological polar surface area (TPSA) is 82.6 Å². The number of sulfonamides is 1. The maximum Gasteiger partial charge on any atom is 0.261 e. The molecule has 7 nitrogen and oxygen atoms in total. The van der Waals surface area contributed by atoms with Gasteiger partial charge < -0.3 is 9.80 Å². The van der Waals surface area contributed by atoms with E-state index in [1.807, 2.05) is 24.0 Å². The van der Waals surface area contributed by atoms with Gasteiger partial charge in [-0.3, -0.25) is 9.52 Å². The number of rotatable bonds is 5. The maximum atomic E-state index is 12.5. The number of nitrogens with one attached hydrogen (secondary N) is 1. The minimum Gasteiger partial charge on any atom is -0.353 e. The summed E-state index contributed by atoms with van der Waals surface area (Å²) in [5, 5.41) is 0. The molecule has 1 fully saturated rings. The van der Waals surface area contributed by atoms with Gasteiger partial charge in [-0.2, -0.15) is 0 Å². The fraction of sp³-hybridized carbons (Fsp3) is 0.368. The Kier molecular flexibility index (Phi) is 5.65. The Morgan fingerprint density at radius 3 is 2.26 bits per heavy atom. The summed E-state index contributed by atoms with van der Waals surface area (Å²) in [5.41, 5.74) is 1.51. The average molecular weight is 388 g/mol. The Morgan fingerprint density at radius 2 is 1.74 bits per heavy atom. The third-order valence-electron chi connectivity index (χ3n) is 4.69. The predicted molar refractivity (Wildman–Crippen MR) is 105 cm³/mol. The molecule has 2 aromatic rings. The summed E-state index contributed by atoms with van der Waals surface area (Å²) in [7, 11) is -3.64. The summed E-state index contributed by atoms with van der Waals surface area (Å²) in [5.74, 6) is 0.854. The van der Waals surface area contributed by atoms with Crippen LogP contribution in [0.1, 0.15) is 19.4 Å². The molecule has 0 unspecified atom stereocenters. The second kappa shape index (κ2) is 7.96. The number of amides is 1. The minimum atomic E-state index is -3.64. The monoisotopic (exact) mass is 388 g/mol. The van der Waals surface area contributed by atoms with E-state index in [-0.39, 0.29) is 10.8 Å². The highest BCUT2D eigenvalue weighted by molar-refractivity contribution is 7.92. The molecule has 1 aromatic carbocycles. The van der Waals surface area contributed by atoms with Crippen molar-refractivity contribution in [1.82, 2.24) is 9.88 Å². The molecule has 1 aliphatic heterocycles. The molecule has 3 rings (SSSR count). The molecule has 27 heavy (non-hydrogen) atoms. The molecule has 0 bridgehead atoms. The number of aromatic nitrogens is 1. The maximum absolute atomic E-state index is 12.5. The van der Waals surface area contributed by atoms with Gasteiger partial charge in [-0.05, 0) is 36.2 Å². The van der Waals surface area contributed by atoms with Gasteiger partial charge in [0.25, 0.3) is 10.0 Å². The van der Waals surface area contributed by atoms with Crippen molar-refractivity contribution in [2.24, 2.45) is 0 Å². The lowest BCUT2D eigenvalue weighted by atomic mass is 10.2. The number of aryl methyl sites for hydroxylation is 1. The smallest absolute Gasteiger partial charge is 0.261 e. The second-order valence-electron chi connectivity index (χ2n) is 6.50. The summed E-state index contributed by atoms with van der Waals surface area (Å²) >= 11 is 0. The van der Waals surface area contributed by atoms with E-state index >= 15 is 0 Å². The van der Waals surface area contributed by atoms with E-state index in [9.17, 15) is 13.2 Å². The second-order valence-corrected chi connectivity index (χ2v) is 8.18. The molecule has 0 radical (unpaired) electrons. The first-order valence-corrected chi connectivity index (χ1v) is 10.5. The van der Waals surface area contributed by atoms with Crippen molar-refractivity contribution in [2.75, 3.05) is 35.8 Å². The highest BCUT2D eigenvalue weighted by atomic mass is 32.2. The number of carbonyl (C=O) groups is 1. The molecule has 0 aliphatic carbocycles. The van der Waals surface area contributed by atoms with Crippen molar-refractivity contribution in [1.29, 1.82) is 0 Å². The molecule has 0 saturated carbocycles. The molecule has 0 spiro atoms. The van der Waals surface area contributed by atoms with Gasteiger partial charge in [-0.1, -0.05) is 19.1 Å². The highest BCUT2D eigenvalue weighted by Crippen LogP contribution is 2.19. The number of hydrogen-bond donors (Lipinski definition) is 1. The number of anilines is 2. The molecule has 1 saturated heterocycles. The molecule has 144 valence electrons. The Bertz CT molecular complexity index is 888. The molecule has 1 amide bonds. The summed E-state index contributed by atoms with van der Waals surface area (Å²) < 4.78 is 27.6. The first-order valence-electron chi connectivity index (χ1n) is 8.97. The van der Waals surface area contributed by atoms with Crippen molar-refractivity contribution in [3.8, 4) is 0 Å². The molecule has 0 atom stereocenters. The molecule has 2 heterocycles. The van der Waals surface area contributed by atoms with Crippen LogP contribution in [0.4, 0.5) is 11.5 Å². The zero-order valence-corrected chi connectivity index (χ0v) is 16.4.